The molecule has 3 rings (SSSR count). The van der Waals surface area contributed by atoms with Gasteiger partial charge in [-0.15, -0.1) is 0 Å². The van der Waals surface area contributed by atoms with Gasteiger partial charge in [-0.2, -0.15) is 26.7 Å². The Morgan fingerprint density at radius 1 is 1.14 bits per heavy atom. The van der Waals surface area contributed by atoms with Gasteiger partial charge in [-0.1, -0.05) is 18.2 Å². The minimum absolute atomic E-state index is 0.446. The highest BCUT2D eigenvalue weighted by atomic mass is 32.2. The highest BCUT2D eigenvalue weighted by Gasteiger charge is 2.17. The quantitative estimate of drug-likeness (QED) is 0.648. The standard InChI is InChI=1S/C14H19N7S/c1-20(15)13-17-12(16-11-5-3-2-4-6-11)18-14(19-13)21-7-9-22-10-8-21/h2-6H,7-10,15H2,1H3,(H,16,17,18,19). The van der Waals surface area contributed by atoms with Gasteiger partial charge in [0.05, 0.1) is 0 Å². The minimum atomic E-state index is 0.446. The largest absolute Gasteiger partial charge is 0.339 e. The normalized spacial score (nSPS) is 14.7. The van der Waals surface area contributed by atoms with Gasteiger partial charge in [-0.3, -0.25) is 5.01 Å². The fraction of sp³-hybridized carbons (Fsp3) is 0.357. The molecule has 0 atom stereocenters. The summed E-state index contributed by atoms with van der Waals surface area (Å²) in [5.74, 6) is 9.59. The lowest BCUT2D eigenvalue weighted by Gasteiger charge is -2.27. The number of nitrogens with two attached hydrogens (primary N) is 1. The van der Waals surface area contributed by atoms with Crippen molar-refractivity contribution in [1.82, 2.24) is 15.0 Å². The van der Waals surface area contributed by atoms with Crippen molar-refractivity contribution in [3.63, 3.8) is 0 Å². The molecule has 8 heteroatoms. The van der Waals surface area contributed by atoms with Gasteiger partial charge in [0.25, 0.3) is 0 Å². The lowest BCUT2D eigenvalue weighted by atomic mass is 10.3. The first-order valence-electron chi connectivity index (χ1n) is 7.11. The van der Waals surface area contributed by atoms with Crippen molar-refractivity contribution >= 4 is 35.3 Å². The summed E-state index contributed by atoms with van der Waals surface area (Å²) in [5, 5.41) is 4.61. The number of rotatable bonds is 4. The molecule has 0 radical (unpaired) electrons. The molecular formula is C14H19N7S. The SMILES string of the molecule is CN(N)c1nc(Nc2ccccc2)nc(N2CCSCC2)n1. The molecule has 1 fully saturated rings. The maximum atomic E-state index is 5.80. The second-order valence-corrected chi connectivity index (χ2v) is 6.19. The third kappa shape index (κ3) is 3.58. The van der Waals surface area contributed by atoms with Crippen molar-refractivity contribution in [1.29, 1.82) is 0 Å². The summed E-state index contributed by atoms with van der Waals surface area (Å²) < 4.78 is 0. The van der Waals surface area contributed by atoms with Crippen LogP contribution in [0.1, 0.15) is 0 Å². The molecule has 3 N–H and O–H groups in total. The van der Waals surface area contributed by atoms with E-state index in [9.17, 15) is 0 Å². The zero-order valence-electron chi connectivity index (χ0n) is 12.4. The third-order valence-corrected chi connectivity index (χ3v) is 4.19. The van der Waals surface area contributed by atoms with Gasteiger partial charge in [-0.05, 0) is 12.1 Å². The van der Waals surface area contributed by atoms with Gasteiger partial charge in [0.1, 0.15) is 0 Å². The summed E-state index contributed by atoms with van der Waals surface area (Å²) in [5.41, 5.74) is 0.930. The number of benzene rings is 1. The zero-order valence-corrected chi connectivity index (χ0v) is 13.3. The van der Waals surface area contributed by atoms with Gasteiger partial charge in [0.15, 0.2) is 0 Å². The van der Waals surface area contributed by atoms with Crippen molar-refractivity contribution in [2.45, 2.75) is 0 Å². The predicted octanol–water partition coefficient (Wildman–Crippen LogP) is 1.48. The smallest absolute Gasteiger partial charge is 0.246 e. The van der Waals surface area contributed by atoms with Crippen LogP contribution in [0.25, 0.3) is 0 Å². The summed E-state index contributed by atoms with van der Waals surface area (Å²) in [6.07, 6.45) is 0. The molecule has 116 valence electrons. The molecule has 1 aromatic heterocycles. The Balaban J connectivity index is 1.89. The van der Waals surface area contributed by atoms with E-state index in [4.69, 9.17) is 5.84 Å². The average Bonchev–Trinajstić information content (AvgIpc) is 2.56. The lowest BCUT2D eigenvalue weighted by molar-refractivity contribution is 0.798. The number of hydrazine groups is 1. The Bertz CT molecular complexity index is 614. The van der Waals surface area contributed by atoms with Gasteiger partial charge in [-0.25, -0.2) is 5.84 Å². The molecule has 0 aliphatic carbocycles. The number of hydrogen-bond donors (Lipinski definition) is 2. The van der Waals surface area contributed by atoms with Crippen molar-refractivity contribution < 1.29 is 0 Å². The Hall–Kier alpha value is -2.06. The maximum Gasteiger partial charge on any atom is 0.246 e. The summed E-state index contributed by atoms with van der Waals surface area (Å²) in [7, 11) is 1.72. The monoisotopic (exact) mass is 317 g/mol. The van der Waals surface area contributed by atoms with E-state index in [0.29, 0.717) is 17.8 Å². The molecule has 0 unspecified atom stereocenters. The molecule has 22 heavy (non-hydrogen) atoms. The molecule has 1 aromatic carbocycles. The fourth-order valence-corrected chi connectivity index (χ4v) is 3.03. The topological polar surface area (TPSA) is 83.2 Å². The molecule has 0 spiro atoms. The highest BCUT2D eigenvalue weighted by Crippen LogP contribution is 2.20. The second-order valence-electron chi connectivity index (χ2n) is 4.96. The first kappa shape index (κ1) is 14.9. The van der Waals surface area contributed by atoms with Gasteiger partial charge in [0, 0.05) is 37.3 Å². The van der Waals surface area contributed by atoms with E-state index in [1.54, 1.807) is 7.05 Å². The molecule has 2 aromatic rings. The van der Waals surface area contributed by atoms with E-state index in [1.165, 1.54) is 5.01 Å². The van der Waals surface area contributed by atoms with Crippen molar-refractivity contribution in [2.75, 3.05) is 46.9 Å². The lowest BCUT2D eigenvalue weighted by Crippen LogP contribution is -2.35. The van der Waals surface area contributed by atoms with Crippen LogP contribution in [0.2, 0.25) is 0 Å². The van der Waals surface area contributed by atoms with Crippen molar-refractivity contribution in [3.8, 4) is 0 Å². The molecule has 1 aliphatic rings. The van der Waals surface area contributed by atoms with Crippen LogP contribution in [-0.4, -0.2) is 46.6 Å². The number of para-hydroxylation sites is 1. The van der Waals surface area contributed by atoms with Crippen LogP contribution in [0.3, 0.4) is 0 Å². The molecule has 0 amide bonds. The Kier molecular flexibility index (Phi) is 4.59. The minimum Gasteiger partial charge on any atom is -0.339 e. The van der Waals surface area contributed by atoms with Crippen molar-refractivity contribution in [2.24, 2.45) is 5.84 Å². The van der Waals surface area contributed by atoms with Crippen LogP contribution in [0.5, 0.6) is 0 Å². The highest BCUT2D eigenvalue weighted by molar-refractivity contribution is 7.99. The summed E-state index contributed by atoms with van der Waals surface area (Å²) in [4.78, 5) is 15.5. The maximum absolute atomic E-state index is 5.80. The van der Waals surface area contributed by atoms with E-state index < -0.39 is 0 Å². The van der Waals surface area contributed by atoms with Gasteiger partial charge in [0.2, 0.25) is 17.8 Å². The summed E-state index contributed by atoms with van der Waals surface area (Å²) in [6.45, 7) is 1.88. The fourth-order valence-electron chi connectivity index (χ4n) is 2.12. The van der Waals surface area contributed by atoms with Crippen LogP contribution in [0.4, 0.5) is 23.5 Å². The Morgan fingerprint density at radius 3 is 2.55 bits per heavy atom. The number of nitrogens with zero attached hydrogens (tertiary/aromatic N) is 5. The van der Waals surface area contributed by atoms with Crippen LogP contribution in [0, 0.1) is 0 Å². The average molecular weight is 317 g/mol. The van der Waals surface area contributed by atoms with E-state index >= 15 is 0 Å². The van der Waals surface area contributed by atoms with E-state index in [1.807, 2.05) is 42.1 Å². The Labute approximate surface area is 133 Å². The second kappa shape index (κ2) is 6.80. The molecule has 0 bridgehead atoms. The Morgan fingerprint density at radius 2 is 1.86 bits per heavy atom. The van der Waals surface area contributed by atoms with Crippen LogP contribution >= 0.6 is 11.8 Å². The van der Waals surface area contributed by atoms with Gasteiger partial charge >= 0.3 is 0 Å². The number of anilines is 4. The first-order chi connectivity index (χ1) is 10.7. The van der Waals surface area contributed by atoms with E-state index in [-0.39, 0.29) is 0 Å². The summed E-state index contributed by atoms with van der Waals surface area (Å²) >= 11 is 1.95. The predicted molar refractivity (Wildman–Crippen MR) is 91.7 cm³/mol. The van der Waals surface area contributed by atoms with E-state index in [0.717, 1.165) is 30.3 Å². The molecule has 1 aliphatic heterocycles. The first-order valence-corrected chi connectivity index (χ1v) is 8.27. The number of thioether (sulfide) groups is 1. The number of aromatic nitrogens is 3. The van der Waals surface area contributed by atoms with E-state index in [2.05, 4.69) is 25.2 Å². The molecule has 7 nitrogen and oxygen atoms in total. The number of hydrogen-bond acceptors (Lipinski definition) is 8. The third-order valence-electron chi connectivity index (χ3n) is 3.25. The van der Waals surface area contributed by atoms with Crippen LogP contribution < -0.4 is 21.1 Å². The van der Waals surface area contributed by atoms with Crippen LogP contribution in [-0.2, 0) is 0 Å². The molecule has 2 heterocycles. The van der Waals surface area contributed by atoms with Crippen LogP contribution in [0.15, 0.2) is 30.3 Å². The zero-order chi connectivity index (χ0) is 15.4. The molecule has 0 saturated carbocycles. The molecular weight excluding hydrogens is 298 g/mol. The summed E-state index contributed by atoms with van der Waals surface area (Å²) in [6, 6.07) is 9.82. The van der Waals surface area contributed by atoms with Gasteiger partial charge < -0.3 is 10.2 Å². The molecule has 1 saturated heterocycles. The van der Waals surface area contributed by atoms with Crippen molar-refractivity contribution in [3.05, 3.63) is 30.3 Å². The number of nitrogens with one attached hydrogen (secondary N) is 1.